The lowest BCUT2D eigenvalue weighted by atomic mass is 9.65. The zero-order chi connectivity index (χ0) is 26.4. The van der Waals surface area contributed by atoms with Gasteiger partial charge in [-0.25, -0.2) is 4.79 Å². The van der Waals surface area contributed by atoms with E-state index in [0.717, 1.165) is 53.4 Å². The summed E-state index contributed by atoms with van der Waals surface area (Å²) in [5.41, 5.74) is 4.44. The minimum Gasteiger partial charge on any atom is -0.444 e. The van der Waals surface area contributed by atoms with Crippen molar-refractivity contribution in [2.45, 2.75) is 84.2 Å². The molecule has 1 atom stereocenters. The van der Waals surface area contributed by atoms with Crippen molar-refractivity contribution in [3.8, 4) is 0 Å². The Bertz CT molecular complexity index is 1280. The first kappa shape index (κ1) is 25.4. The van der Waals surface area contributed by atoms with E-state index in [1.165, 1.54) is 12.0 Å². The maximum atomic E-state index is 12.9. The number of carbonyl (C=O) groups is 3. The van der Waals surface area contributed by atoms with Gasteiger partial charge in [0.15, 0.2) is 0 Å². The fourth-order valence-electron chi connectivity index (χ4n) is 6.28. The molecular weight excluding hydrogens is 466 g/mol. The SMILES string of the molecule is Cc1nc2ccc(C3=CCN(C(=O)OC(C)(C)C)CC34CCCCC4)cc2cc1C1CCC(=O)NC1=O. The average molecular weight is 504 g/mol. The van der Waals surface area contributed by atoms with E-state index in [-0.39, 0.29) is 29.2 Å². The predicted molar refractivity (Wildman–Crippen MR) is 143 cm³/mol. The number of aromatic nitrogens is 1. The van der Waals surface area contributed by atoms with Gasteiger partial charge in [0, 0.05) is 36.0 Å². The monoisotopic (exact) mass is 503 g/mol. The minimum atomic E-state index is -0.523. The van der Waals surface area contributed by atoms with Crippen LogP contribution in [-0.2, 0) is 14.3 Å². The number of rotatable bonds is 2. The average Bonchev–Trinajstić information content (AvgIpc) is 2.83. The molecule has 3 heterocycles. The molecule has 1 saturated heterocycles. The second-order valence-corrected chi connectivity index (χ2v) is 11.9. The normalized spacial score (nSPS) is 22.1. The Kier molecular flexibility index (Phi) is 6.59. The van der Waals surface area contributed by atoms with Gasteiger partial charge in [-0.15, -0.1) is 0 Å². The third-order valence-corrected chi connectivity index (χ3v) is 8.01. The van der Waals surface area contributed by atoms with Gasteiger partial charge < -0.3 is 9.64 Å². The number of benzene rings is 1. The van der Waals surface area contributed by atoms with Gasteiger partial charge in [-0.3, -0.25) is 19.9 Å². The van der Waals surface area contributed by atoms with Crippen LogP contribution in [0, 0.1) is 12.3 Å². The Morgan fingerprint density at radius 2 is 1.89 bits per heavy atom. The van der Waals surface area contributed by atoms with Gasteiger partial charge in [0.1, 0.15) is 5.60 Å². The summed E-state index contributed by atoms with van der Waals surface area (Å²) < 4.78 is 5.70. The van der Waals surface area contributed by atoms with E-state index in [1.54, 1.807) is 0 Å². The van der Waals surface area contributed by atoms with Crippen LogP contribution in [0.15, 0.2) is 30.3 Å². The number of fused-ring (bicyclic) bond motifs is 1. The maximum Gasteiger partial charge on any atom is 0.410 e. The predicted octanol–water partition coefficient (Wildman–Crippen LogP) is 5.65. The quantitative estimate of drug-likeness (QED) is 0.535. The molecule has 3 aliphatic rings. The number of carbonyl (C=O) groups excluding carboxylic acids is 3. The second-order valence-electron chi connectivity index (χ2n) is 11.9. The lowest BCUT2D eigenvalue weighted by Crippen LogP contribution is -2.47. The summed E-state index contributed by atoms with van der Waals surface area (Å²) in [6.07, 6.45) is 8.42. The van der Waals surface area contributed by atoms with Crippen LogP contribution in [0.5, 0.6) is 0 Å². The first-order valence-electron chi connectivity index (χ1n) is 13.5. The van der Waals surface area contributed by atoms with Crippen LogP contribution in [0.4, 0.5) is 4.79 Å². The van der Waals surface area contributed by atoms with Crippen molar-refractivity contribution in [2.24, 2.45) is 5.41 Å². The van der Waals surface area contributed by atoms with Crippen LogP contribution in [0.3, 0.4) is 0 Å². The van der Waals surface area contributed by atoms with E-state index in [9.17, 15) is 14.4 Å². The molecular formula is C30H37N3O4. The number of nitrogens with zero attached hydrogens (tertiary/aromatic N) is 2. The Labute approximate surface area is 218 Å². The molecule has 1 N–H and O–H groups in total. The first-order chi connectivity index (χ1) is 17.5. The van der Waals surface area contributed by atoms with Gasteiger partial charge in [0.25, 0.3) is 0 Å². The molecule has 1 saturated carbocycles. The van der Waals surface area contributed by atoms with E-state index in [0.29, 0.717) is 25.9 Å². The number of piperidine rings is 1. The van der Waals surface area contributed by atoms with Crippen LogP contribution >= 0.6 is 0 Å². The summed E-state index contributed by atoms with van der Waals surface area (Å²) >= 11 is 0. The van der Waals surface area contributed by atoms with Crippen LogP contribution in [0.1, 0.15) is 88.5 Å². The molecule has 3 amide bonds. The fraction of sp³-hybridized carbons (Fsp3) is 0.533. The number of aryl methyl sites for hydroxylation is 1. The molecule has 7 heteroatoms. The van der Waals surface area contributed by atoms with Gasteiger partial charge in [0.05, 0.1) is 11.4 Å². The van der Waals surface area contributed by atoms with Gasteiger partial charge in [-0.05, 0) is 81.9 Å². The standard InChI is InChI=1S/C30H37N3O4/c1-19-23(22-9-11-26(34)32-27(22)35)17-21-16-20(8-10-25(21)31-19)24-12-15-33(28(36)37-29(2,3)4)18-30(24)13-6-5-7-14-30/h8,10,12,16-17,22H,5-7,9,11,13-15,18H2,1-4H3,(H,32,34,35). The first-order valence-corrected chi connectivity index (χ1v) is 13.5. The van der Waals surface area contributed by atoms with Gasteiger partial charge >= 0.3 is 6.09 Å². The van der Waals surface area contributed by atoms with Gasteiger partial charge in [-0.1, -0.05) is 31.4 Å². The minimum absolute atomic E-state index is 0.0916. The molecule has 7 nitrogen and oxygen atoms in total. The second kappa shape index (κ2) is 9.58. The topological polar surface area (TPSA) is 88.6 Å². The maximum absolute atomic E-state index is 12.9. The number of imide groups is 1. The molecule has 1 aromatic heterocycles. The highest BCUT2D eigenvalue weighted by atomic mass is 16.6. The third kappa shape index (κ3) is 5.13. The summed E-state index contributed by atoms with van der Waals surface area (Å²) in [4.78, 5) is 43.8. The molecule has 1 unspecified atom stereocenters. The molecule has 1 aromatic carbocycles. The van der Waals surface area contributed by atoms with Crippen molar-refractivity contribution in [2.75, 3.05) is 13.1 Å². The molecule has 5 rings (SSSR count). The Morgan fingerprint density at radius 1 is 1.14 bits per heavy atom. The molecule has 37 heavy (non-hydrogen) atoms. The largest absolute Gasteiger partial charge is 0.444 e. The summed E-state index contributed by atoms with van der Waals surface area (Å²) in [5, 5.41) is 3.47. The zero-order valence-electron chi connectivity index (χ0n) is 22.4. The molecule has 196 valence electrons. The number of hydrogen-bond acceptors (Lipinski definition) is 5. The number of hydrogen-bond donors (Lipinski definition) is 1. The highest BCUT2D eigenvalue weighted by Crippen LogP contribution is 2.49. The molecule has 0 radical (unpaired) electrons. The van der Waals surface area contributed by atoms with Crippen molar-refractivity contribution in [1.82, 2.24) is 15.2 Å². The van der Waals surface area contributed by atoms with Gasteiger partial charge in [-0.2, -0.15) is 0 Å². The number of pyridine rings is 1. The lowest BCUT2D eigenvalue weighted by Gasteiger charge is -2.46. The Morgan fingerprint density at radius 3 is 2.59 bits per heavy atom. The number of ether oxygens (including phenoxy) is 1. The highest BCUT2D eigenvalue weighted by Gasteiger charge is 2.42. The molecule has 1 spiro atoms. The summed E-state index contributed by atoms with van der Waals surface area (Å²) in [5.74, 6) is -0.813. The van der Waals surface area contributed by atoms with Crippen molar-refractivity contribution in [3.63, 3.8) is 0 Å². The lowest BCUT2D eigenvalue weighted by molar-refractivity contribution is -0.134. The smallest absolute Gasteiger partial charge is 0.410 e. The molecule has 2 aliphatic heterocycles. The van der Waals surface area contributed by atoms with E-state index < -0.39 is 5.60 Å². The van der Waals surface area contributed by atoms with Crippen LogP contribution < -0.4 is 5.32 Å². The van der Waals surface area contributed by atoms with E-state index >= 15 is 0 Å². The van der Waals surface area contributed by atoms with Crippen LogP contribution in [0.25, 0.3) is 16.5 Å². The Hall–Kier alpha value is -3.22. The number of amides is 3. The van der Waals surface area contributed by atoms with E-state index in [4.69, 9.17) is 9.72 Å². The summed E-state index contributed by atoms with van der Waals surface area (Å²) in [6, 6.07) is 8.46. The summed E-state index contributed by atoms with van der Waals surface area (Å²) in [7, 11) is 0. The van der Waals surface area contributed by atoms with Crippen molar-refractivity contribution >= 4 is 34.4 Å². The molecule has 1 aliphatic carbocycles. The van der Waals surface area contributed by atoms with Gasteiger partial charge in [0.2, 0.25) is 11.8 Å². The molecule has 0 bridgehead atoms. The third-order valence-electron chi connectivity index (χ3n) is 8.01. The summed E-state index contributed by atoms with van der Waals surface area (Å²) in [6.45, 7) is 8.83. The molecule has 2 fully saturated rings. The fourth-order valence-corrected chi connectivity index (χ4v) is 6.28. The van der Waals surface area contributed by atoms with E-state index in [1.807, 2.05) is 32.6 Å². The number of nitrogens with one attached hydrogen (secondary N) is 1. The van der Waals surface area contributed by atoms with Crippen molar-refractivity contribution in [1.29, 1.82) is 0 Å². The van der Waals surface area contributed by atoms with Crippen molar-refractivity contribution < 1.29 is 19.1 Å². The van der Waals surface area contributed by atoms with Crippen LogP contribution in [0.2, 0.25) is 0 Å². The zero-order valence-corrected chi connectivity index (χ0v) is 22.4. The molecule has 2 aromatic rings. The van der Waals surface area contributed by atoms with Crippen LogP contribution in [-0.4, -0.2) is 46.5 Å². The Balaban J connectivity index is 1.51. The highest BCUT2D eigenvalue weighted by molar-refractivity contribution is 6.01. The van der Waals surface area contributed by atoms with E-state index in [2.05, 4.69) is 35.7 Å². The van der Waals surface area contributed by atoms with Crippen molar-refractivity contribution in [3.05, 3.63) is 47.2 Å².